The predicted molar refractivity (Wildman–Crippen MR) is 61.6 cm³/mol. The Balaban J connectivity index is 2.32. The first-order valence-electron chi connectivity index (χ1n) is 5.94. The molecule has 0 aromatic carbocycles. The van der Waals surface area contributed by atoms with Crippen molar-refractivity contribution in [2.45, 2.75) is 31.3 Å². The van der Waals surface area contributed by atoms with Crippen molar-refractivity contribution >= 4 is 0 Å². The van der Waals surface area contributed by atoms with Crippen molar-refractivity contribution in [2.24, 2.45) is 0 Å². The molecule has 0 radical (unpaired) electrons. The first-order chi connectivity index (χ1) is 8.37. The van der Waals surface area contributed by atoms with Crippen molar-refractivity contribution in [3.63, 3.8) is 0 Å². The lowest BCUT2D eigenvalue weighted by Crippen LogP contribution is -2.42. The van der Waals surface area contributed by atoms with Gasteiger partial charge in [0.2, 0.25) is 0 Å². The van der Waals surface area contributed by atoms with E-state index in [1.54, 1.807) is 14.2 Å². The van der Waals surface area contributed by atoms with E-state index in [9.17, 15) is 13.2 Å². The molecule has 0 aromatic heterocycles. The number of nitrogens with one attached hydrogen (secondary N) is 1. The summed E-state index contributed by atoms with van der Waals surface area (Å²) in [6.07, 6.45) is -4.19. The third-order valence-corrected chi connectivity index (χ3v) is 3.24. The topological polar surface area (TPSA) is 33.7 Å². The fraction of sp³-hybridized carbons (Fsp3) is 1.00. The van der Waals surface area contributed by atoms with Crippen LogP contribution in [-0.4, -0.2) is 69.7 Å². The molecule has 7 heteroatoms. The highest BCUT2D eigenvalue weighted by Crippen LogP contribution is 2.18. The summed E-state index contributed by atoms with van der Waals surface area (Å²) in [5, 5.41) is 2.42. The number of hydrogen-bond acceptors (Lipinski definition) is 4. The number of ether oxygens (including phenoxy) is 2. The van der Waals surface area contributed by atoms with E-state index in [1.807, 2.05) is 6.92 Å². The van der Waals surface area contributed by atoms with Gasteiger partial charge < -0.3 is 14.8 Å². The van der Waals surface area contributed by atoms with Gasteiger partial charge in [0.05, 0.1) is 18.8 Å². The summed E-state index contributed by atoms with van der Waals surface area (Å²) in [6, 6.07) is 0.0187. The van der Waals surface area contributed by atoms with Crippen molar-refractivity contribution in [2.75, 3.05) is 40.4 Å². The van der Waals surface area contributed by atoms with Crippen LogP contribution in [0, 0.1) is 0 Å². The molecule has 1 saturated heterocycles. The number of likely N-dealkylation sites (tertiary alicyclic amines) is 1. The molecule has 4 nitrogen and oxygen atoms in total. The minimum absolute atomic E-state index is 0.0138. The third kappa shape index (κ3) is 4.72. The molecule has 108 valence electrons. The van der Waals surface area contributed by atoms with E-state index >= 15 is 0 Å². The number of hydrogen-bond donors (Lipinski definition) is 1. The molecule has 0 bridgehead atoms. The molecule has 3 unspecified atom stereocenters. The van der Waals surface area contributed by atoms with Crippen molar-refractivity contribution < 1.29 is 22.6 Å². The van der Waals surface area contributed by atoms with Gasteiger partial charge in [-0.05, 0) is 6.92 Å². The monoisotopic (exact) mass is 270 g/mol. The zero-order valence-electron chi connectivity index (χ0n) is 11.0. The Morgan fingerprint density at radius 1 is 1.22 bits per heavy atom. The molecular formula is C11H21F3N2O2. The lowest BCUT2D eigenvalue weighted by atomic mass is 10.3. The summed E-state index contributed by atoms with van der Waals surface area (Å²) in [4.78, 5) is 2.08. The lowest BCUT2D eigenvalue weighted by Gasteiger charge is -2.24. The number of methoxy groups -OCH3 is 2. The molecule has 1 heterocycles. The van der Waals surface area contributed by atoms with Gasteiger partial charge in [0, 0.05) is 39.9 Å². The molecule has 0 aliphatic carbocycles. The Kier molecular flexibility index (Phi) is 5.84. The minimum Gasteiger partial charge on any atom is -0.377 e. The quantitative estimate of drug-likeness (QED) is 0.776. The first-order valence-corrected chi connectivity index (χ1v) is 5.94. The van der Waals surface area contributed by atoms with E-state index in [4.69, 9.17) is 9.47 Å². The van der Waals surface area contributed by atoms with Gasteiger partial charge in [-0.3, -0.25) is 4.90 Å². The molecule has 1 aliphatic rings. The van der Waals surface area contributed by atoms with Crippen LogP contribution in [0.25, 0.3) is 0 Å². The normalized spacial score (nSPS) is 27.7. The van der Waals surface area contributed by atoms with E-state index in [0.717, 1.165) is 0 Å². The van der Waals surface area contributed by atoms with E-state index < -0.39 is 12.7 Å². The smallest absolute Gasteiger partial charge is 0.377 e. The van der Waals surface area contributed by atoms with E-state index in [0.29, 0.717) is 19.6 Å². The number of alkyl halides is 3. The van der Waals surface area contributed by atoms with Gasteiger partial charge in [0.25, 0.3) is 0 Å². The lowest BCUT2D eigenvalue weighted by molar-refractivity contribution is -0.125. The summed E-state index contributed by atoms with van der Waals surface area (Å²) in [6.45, 7) is 2.61. The average molecular weight is 270 g/mol. The highest BCUT2D eigenvalue weighted by Gasteiger charge is 2.35. The van der Waals surface area contributed by atoms with Gasteiger partial charge in [-0.2, -0.15) is 13.2 Å². The fourth-order valence-electron chi connectivity index (χ4n) is 2.14. The molecule has 1 rings (SSSR count). The zero-order valence-corrected chi connectivity index (χ0v) is 11.0. The molecule has 1 fully saturated rings. The Morgan fingerprint density at radius 2 is 1.72 bits per heavy atom. The molecular weight excluding hydrogens is 249 g/mol. The number of rotatable bonds is 6. The van der Waals surface area contributed by atoms with Crippen LogP contribution in [0.4, 0.5) is 13.2 Å². The van der Waals surface area contributed by atoms with Crippen LogP contribution in [0.3, 0.4) is 0 Å². The van der Waals surface area contributed by atoms with E-state index in [1.165, 1.54) is 0 Å². The van der Waals surface area contributed by atoms with Gasteiger partial charge in [-0.15, -0.1) is 0 Å². The molecule has 3 atom stereocenters. The molecule has 18 heavy (non-hydrogen) atoms. The van der Waals surface area contributed by atoms with E-state index in [2.05, 4.69) is 10.2 Å². The summed E-state index contributed by atoms with van der Waals surface area (Å²) in [7, 11) is 3.24. The highest BCUT2D eigenvalue weighted by atomic mass is 19.4. The molecule has 1 aliphatic heterocycles. The zero-order chi connectivity index (χ0) is 13.8. The van der Waals surface area contributed by atoms with Gasteiger partial charge in [-0.1, -0.05) is 0 Å². The van der Waals surface area contributed by atoms with Crippen LogP contribution in [0.1, 0.15) is 6.92 Å². The summed E-state index contributed by atoms with van der Waals surface area (Å²) < 4.78 is 46.6. The number of halogens is 3. The minimum atomic E-state index is -4.16. The fourth-order valence-corrected chi connectivity index (χ4v) is 2.14. The molecule has 0 spiro atoms. The second-order valence-corrected chi connectivity index (χ2v) is 4.60. The van der Waals surface area contributed by atoms with Crippen LogP contribution in [0.5, 0.6) is 0 Å². The van der Waals surface area contributed by atoms with Crippen LogP contribution in [-0.2, 0) is 9.47 Å². The van der Waals surface area contributed by atoms with Crippen LogP contribution in [0.2, 0.25) is 0 Å². The maximum absolute atomic E-state index is 12.0. The van der Waals surface area contributed by atoms with Crippen LogP contribution >= 0.6 is 0 Å². The van der Waals surface area contributed by atoms with Gasteiger partial charge in [-0.25, -0.2) is 0 Å². The second kappa shape index (κ2) is 6.70. The first kappa shape index (κ1) is 15.7. The van der Waals surface area contributed by atoms with Crippen LogP contribution in [0.15, 0.2) is 0 Å². The molecule has 0 saturated carbocycles. The SMILES string of the molecule is COC1CN(C(C)CNCC(F)(F)F)CC1OC. The largest absolute Gasteiger partial charge is 0.401 e. The maximum atomic E-state index is 12.0. The standard InChI is InChI=1S/C11H21F3N2O2/c1-8(4-15-7-11(12,13)14)16-5-9(17-2)10(6-16)18-3/h8-10,15H,4-7H2,1-3H3. The van der Waals surface area contributed by atoms with Crippen molar-refractivity contribution in [3.05, 3.63) is 0 Å². The summed E-state index contributed by atoms with van der Waals surface area (Å²) in [5.41, 5.74) is 0. The maximum Gasteiger partial charge on any atom is 0.401 e. The summed E-state index contributed by atoms with van der Waals surface area (Å²) >= 11 is 0. The second-order valence-electron chi connectivity index (χ2n) is 4.60. The Bertz CT molecular complexity index is 239. The Labute approximate surface area is 105 Å². The number of nitrogens with zero attached hydrogens (tertiary/aromatic N) is 1. The van der Waals surface area contributed by atoms with Crippen LogP contribution < -0.4 is 5.32 Å². The Hall–Kier alpha value is -0.370. The van der Waals surface area contributed by atoms with Gasteiger partial charge >= 0.3 is 6.18 Å². The van der Waals surface area contributed by atoms with Gasteiger partial charge in [0.15, 0.2) is 0 Å². The van der Waals surface area contributed by atoms with Crippen molar-refractivity contribution in [1.29, 1.82) is 0 Å². The van der Waals surface area contributed by atoms with E-state index in [-0.39, 0.29) is 18.2 Å². The van der Waals surface area contributed by atoms with Crippen molar-refractivity contribution in [3.8, 4) is 0 Å². The third-order valence-electron chi connectivity index (χ3n) is 3.24. The van der Waals surface area contributed by atoms with Gasteiger partial charge in [0.1, 0.15) is 0 Å². The average Bonchev–Trinajstić information content (AvgIpc) is 2.70. The summed E-state index contributed by atoms with van der Waals surface area (Å²) in [5.74, 6) is 0. The highest BCUT2D eigenvalue weighted by molar-refractivity contribution is 4.88. The molecule has 1 N–H and O–H groups in total. The molecule has 0 aromatic rings. The molecule has 0 amide bonds. The predicted octanol–water partition coefficient (Wildman–Crippen LogP) is 0.872. The van der Waals surface area contributed by atoms with Crippen molar-refractivity contribution in [1.82, 2.24) is 10.2 Å². The Morgan fingerprint density at radius 3 is 2.11 bits per heavy atom.